The minimum atomic E-state index is -0.0938. The molecule has 1 fully saturated rings. The third kappa shape index (κ3) is 1.64. The van der Waals surface area contributed by atoms with Crippen molar-refractivity contribution in [1.82, 2.24) is 10.7 Å². The Morgan fingerprint density at radius 3 is 3.00 bits per heavy atom. The molecule has 1 heterocycles. The van der Waals surface area contributed by atoms with Gasteiger partial charge in [-0.05, 0) is 18.9 Å². The van der Waals surface area contributed by atoms with Gasteiger partial charge in [0.25, 0.3) is 5.91 Å². The van der Waals surface area contributed by atoms with Gasteiger partial charge in [0.2, 0.25) is 0 Å². The molecule has 1 amide bonds. The van der Waals surface area contributed by atoms with Gasteiger partial charge in [-0.25, -0.2) is 0 Å². The summed E-state index contributed by atoms with van der Waals surface area (Å²) in [6.45, 7) is 2.63. The van der Waals surface area contributed by atoms with Crippen LogP contribution >= 0.6 is 0 Å². The molecule has 0 spiro atoms. The van der Waals surface area contributed by atoms with E-state index in [1.807, 2.05) is 13.0 Å². The predicted molar refractivity (Wildman–Crippen MR) is 47.9 cm³/mol. The minimum absolute atomic E-state index is 0.0938. The second kappa shape index (κ2) is 3.90. The van der Waals surface area contributed by atoms with E-state index in [1.165, 1.54) is 0 Å². The van der Waals surface area contributed by atoms with Crippen molar-refractivity contribution in [3.8, 4) is 0 Å². The lowest BCUT2D eigenvalue weighted by atomic mass is 10.0. The standard InChI is InChI=1S/C8H13N3O/c1-3-6-4-5-10-8(12)7(6)11-9-2/h3,9H,4-5H2,1-2H3,(H,10,12)/b6-3-,11-7+. The van der Waals surface area contributed by atoms with Crippen LogP contribution in [0.15, 0.2) is 16.8 Å². The van der Waals surface area contributed by atoms with E-state index in [0.29, 0.717) is 12.3 Å². The highest BCUT2D eigenvalue weighted by molar-refractivity contribution is 6.45. The normalized spacial score (nSPS) is 24.3. The second-order valence-electron chi connectivity index (χ2n) is 2.50. The monoisotopic (exact) mass is 167 g/mol. The lowest BCUT2D eigenvalue weighted by Gasteiger charge is -2.16. The molecule has 0 aromatic carbocycles. The number of hydrogen-bond donors (Lipinski definition) is 2. The minimum Gasteiger partial charge on any atom is -0.350 e. The van der Waals surface area contributed by atoms with Crippen LogP contribution in [0.4, 0.5) is 0 Å². The Morgan fingerprint density at radius 2 is 2.42 bits per heavy atom. The Kier molecular flexibility index (Phi) is 2.85. The van der Waals surface area contributed by atoms with Gasteiger partial charge in [-0.15, -0.1) is 0 Å². The summed E-state index contributed by atoms with van der Waals surface area (Å²) in [4.78, 5) is 11.2. The number of nitrogens with zero attached hydrogens (tertiary/aromatic N) is 1. The van der Waals surface area contributed by atoms with Crippen LogP contribution in [0.3, 0.4) is 0 Å². The first-order valence-corrected chi connectivity index (χ1v) is 3.97. The van der Waals surface area contributed by atoms with E-state index in [2.05, 4.69) is 15.8 Å². The third-order valence-electron chi connectivity index (χ3n) is 1.77. The zero-order chi connectivity index (χ0) is 8.97. The first-order chi connectivity index (χ1) is 5.79. The maximum atomic E-state index is 11.2. The van der Waals surface area contributed by atoms with E-state index in [0.717, 1.165) is 12.0 Å². The smallest absolute Gasteiger partial charge is 0.271 e. The van der Waals surface area contributed by atoms with Crippen molar-refractivity contribution in [2.24, 2.45) is 5.10 Å². The average molecular weight is 167 g/mol. The third-order valence-corrected chi connectivity index (χ3v) is 1.77. The number of amides is 1. The lowest BCUT2D eigenvalue weighted by molar-refractivity contribution is -0.115. The van der Waals surface area contributed by atoms with Crippen LogP contribution in [0, 0.1) is 0 Å². The molecule has 0 aromatic rings. The van der Waals surface area contributed by atoms with Gasteiger partial charge < -0.3 is 10.7 Å². The highest BCUT2D eigenvalue weighted by Crippen LogP contribution is 2.07. The summed E-state index contributed by atoms with van der Waals surface area (Å²) >= 11 is 0. The van der Waals surface area contributed by atoms with Crippen molar-refractivity contribution < 1.29 is 4.79 Å². The Bertz CT molecular complexity index is 243. The molecule has 4 heteroatoms. The van der Waals surface area contributed by atoms with E-state index in [-0.39, 0.29) is 5.91 Å². The summed E-state index contributed by atoms with van der Waals surface area (Å²) in [5.74, 6) is -0.0938. The van der Waals surface area contributed by atoms with E-state index in [1.54, 1.807) is 7.05 Å². The van der Waals surface area contributed by atoms with E-state index >= 15 is 0 Å². The van der Waals surface area contributed by atoms with Gasteiger partial charge in [-0.2, -0.15) is 5.10 Å². The molecule has 0 saturated carbocycles. The van der Waals surface area contributed by atoms with Crippen LogP contribution in [0.25, 0.3) is 0 Å². The number of hydrazone groups is 1. The zero-order valence-corrected chi connectivity index (χ0v) is 7.35. The van der Waals surface area contributed by atoms with Crippen molar-refractivity contribution in [3.05, 3.63) is 11.6 Å². The highest BCUT2D eigenvalue weighted by Gasteiger charge is 2.20. The van der Waals surface area contributed by atoms with Gasteiger partial charge in [0.05, 0.1) is 0 Å². The Hall–Kier alpha value is -1.32. The predicted octanol–water partition coefficient (Wildman–Crippen LogP) is 0.0280. The van der Waals surface area contributed by atoms with Gasteiger partial charge in [-0.1, -0.05) is 6.08 Å². The largest absolute Gasteiger partial charge is 0.350 e. The first-order valence-electron chi connectivity index (χ1n) is 3.97. The van der Waals surface area contributed by atoms with Crippen molar-refractivity contribution >= 4 is 11.6 Å². The molecular weight excluding hydrogens is 154 g/mol. The Balaban J connectivity index is 2.88. The van der Waals surface area contributed by atoms with Crippen molar-refractivity contribution in [2.75, 3.05) is 13.6 Å². The number of nitrogens with one attached hydrogen (secondary N) is 2. The summed E-state index contributed by atoms with van der Waals surface area (Å²) in [5, 5.41) is 6.63. The molecular formula is C8H13N3O. The maximum absolute atomic E-state index is 11.2. The van der Waals surface area contributed by atoms with Gasteiger partial charge in [0.1, 0.15) is 0 Å². The molecule has 2 N–H and O–H groups in total. The Labute approximate surface area is 71.7 Å². The van der Waals surface area contributed by atoms with Crippen molar-refractivity contribution in [1.29, 1.82) is 0 Å². The topological polar surface area (TPSA) is 53.5 Å². The van der Waals surface area contributed by atoms with Crippen LogP contribution in [0.5, 0.6) is 0 Å². The molecule has 0 aromatic heterocycles. The van der Waals surface area contributed by atoms with Gasteiger partial charge in [-0.3, -0.25) is 4.79 Å². The first kappa shape index (κ1) is 8.77. The summed E-state index contributed by atoms with van der Waals surface area (Å²) in [5.41, 5.74) is 4.13. The summed E-state index contributed by atoms with van der Waals surface area (Å²) in [6.07, 6.45) is 2.79. The lowest BCUT2D eigenvalue weighted by Crippen LogP contribution is -2.39. The molecule has 1 aliphatic rings. The summed E-state index contributed by atoms with van der Waals surface area (Å²) in [7, 11) is 1.68. The molecule has 1 aliphatic heterocycles. The molecule has 0 radical (unpaired) electrons. The molecule has 0 aliphatic carbocycles. The fourth-order valence-electron chi connectivity index (χ4n) is 1.17. The number of carbonyl (C=O) groups excluding carboxylic acids is 1. The second-order valence-corrected chi connectivity index (χ2v) is 2.50. The zero-order valence-electron chi connectivity index (χ0n) is 7.35. The van der Waals surface area contributed by atoms with Gasteiger partial charge in [0, 0.05) is 13.6 Å². The van der Waals surface area contributed by atoms with Crippen LogP contribution in [-0.4, -0.2) is 25.2 Å². The quantitative estimate of drug-likeness (QED) is 0.541. The maximum Gasteiger partial charge on any atom is 0.271 e. The fourth-order valence-corrected chi connectivity index (χ4v) is 1.17. The number of allylic oxidation sites excluding steroid dienone is 1. The van der Waals surface area contributed by atoms with E-state index < -0.39 is 0 Å². The van der Waals surface area contributed by atoms with Crippen LogP contribution in [0.2, 0.25) is 0 Å². The average Bonchev–Trinajstić information content (AvgIpc) is 2.09. The fraction of sp³-hybridized carbons (Fsp3) is 0.500. The molecule has 0 bridgehead atoms. The Morgan fingerprint density at radius 1 is 1.67 bits per heavy atom. The number of carbonyl (C=O) groups is 1. The van der Waals surface area contributed by atoms with Crippen molar-refractivity contribution in [3.63, 3.8) is 0 Å². The molecule has 1 saturated heterocycles. The van der Waals surface area contributed by atoms with E-state index in [4.69, 9.17) is 0 Å². The van der Waals surface area contributed by atoms with Crippen LogP contribution in [0.1, 0.15) is 13.3 Å². The number of piperidine rings is 1. The molecule has 0 atom stereocenters. The van der Waals surface area contributed by atoms with Gasteiger partial charge >= 0.3 is 0 Å². The number of hydrogen-bond acceptors (Lipinski definition) is 3. The van der Waals surface area contributed by atoms with Crippen LogP contribution < -0.4 is 10.7 Å². The summed E-state index contributed by atoms with van der Waals surface area (Å²) < 4.78 is 0. The molecule has 4 nitrogen and oxygen atoms in total. The molecule has 1 rings (SSSR count). The SMILES string of the molecule is C/C=C1/CCNC(=O)/C1=N/NC. The molecule has 0 unspecified atom stereocenters. The van der Waals surface area contributed by atoms with E-state index in [9.17, 15) is 4.79 Å². The van der Waals surface area contributed by atoms with Crippen LogP contribution in [-0.2, 0) is 4.79 Å². The summed E-state index contributed by atoms with van der Waals surface area (Å²) in [6, 6.07) is 0. The molecule has 12 heavy (non-hydrogen) atoms. The molecule has 66 valence electrons. The highest BCUT2D eigenvalue weighted by atomic mass is 16.2. The van der Waals surface area contributed by atoms with Gasteiger partial charge in [0.15, 0.2) is 5.71 Å². The number of rotatable bonds is 1. The van der Waals surface area contributed by atoms with Crippen molar-refractivity contribution in [2.45, 2.75) is 13.3 Å².